The third-order valence-corrected chi connectivity index (χ3v) is 3.39. The number of carbonyl (C=O) groups excluding carboxylic acids is 2. The van der Waals surface area contributed by atoms with E-state index in [-0.39, 0.29) is 17.9 Å². The van der Waals surface area contributed by atoms with Crippen LogP contribution < -0.4 is 5.32 Å². The average molecular weight is 255 g/mol. The lowest BCUT2D eigenvalue weighted by Gasteiger charge is -2.22. The summed E-state index contributed by atoms with van der Waals surface area (Å²) in [5, 5.41) is 3.00. The van der Waals surface area contributed by atoms with Crippen molar-refractivity contribution < 1.29 is 9.59 Å². The summed E-state index contributed by atoms with van der Waals surface area (Å²) in [5.41, 5.74) is 0. The van der Waals surface area contributed by atoms with Crippen LogP contribution in [0.4, 0.5) is 0 Å². The van der Waals surface area contributed by atoms with Gasteiger partial charge < -0.3 is 10.2 Å². The van der Waals surface area contributed by atoms with Gasteiger partial charge >= 0.3 is 0 Å². The highest BCUT2D eigenvalue weighted by molar-refractivity contribution is 5.81. The number of hydrogen-bond acceptors (Lipinski definition) is 3. The first-order chi connectivity index (χ1) is 8.43. The smallest absolute Gasteiger partial charge is 0.236 e. The Morgan fingerprint density at radius 2 is 1.89 bits per heavy atom. The highest BCUT2D eigenvalue weighted by atomic mass is 16.2. The van der Waals surface area contributed by atoms with Crippen molar-refractivity contribution in [3.05, 3.63) is 0 Å². The fraction of sp³-hybridized carbons (Fsp3) is 0.846. The Bertz CT molecular complexity index is 301. The minimum Gasteiger partial charge on any atom is -0.352 e. The van der Waals surface area contributed by atoms with E-state index in [0.717, 1.165) is 0 Å². The molecule has 0 radical (unpaired) electrons. The number of nitrogens with one attached hydrogen (secondary N) is 1. The molecule has 1 aliphatic carbocycles. The van der Waals surface area contributed by atoms with E-state index >= 15 is 0 Å². The van der Waals surface area contributed by atoms with Crippen LogP contribution in [0, 0.1) is 5.92 Å². The number of hydrogen-bond donors (Lipinski definition) is 1. The molecule has 1 unspecified atom stereocenters. The second kappa shape index (κ2) is 6.73. The summed E-state index contributed by atoms with van der Waals surface area (Å²) in [7, 11) is 3.46. The van der Waals surface area contributed by atoms with Gasteiger partial charge in [0.25, 0.3) is 0 Å². The molecule has 18 heavy (non-hydrogen) atoms. The summed E-state index contributed by atoms with van der Waals surface area (Å²) in [6.45, 7) is 5.31. The second-order valence-corrected chi connectivity index (χ2v) is 5.29. The standard InChI is InChI=1S/C13H25N3O2/c1-5-16(9-13(18)15(3)4)8-12(17)14-10(2)11-6-7-11/h10-11H,5-9H2,1-4H3,(H,14,17). The normalized spacial score (nSPS) is 16.5. The van der Waals surface area contributed by atoms with E-state index in [1.54, 1.807) is 19.0 Å². The van der Waals surface area contributed by atoms with Gasteiger partial charge in [0, 0.05) is 20.1 Å². The molecule has 0 aromatic rings. The average Bonchev–Trinajstić information content (AvgIpc) is 3.11. The van der Waals surface area contributed by atoms with Gasteiger partial charge in [0.1, 0.15) is 0 Å². The molecular weight excluding hydrogens is 230 g/mol. The molecule has 0 bridgehead atoms. The van der Waals surface area contributed by atoms with Crippen LogP contribution in [0.5, 0.6) is 0 Å². The Balaban J connectivity index is 2.32. The zero-order valence-corrected chi connectivity index (χ0v) is 11.9. The van der Waals surface area contributed by atoms with Crippen molar-refractivity contribution in [3.63, 3.8) is 0 Å². The number of nitrogens with zero attached hydrogens (tertiary/aromatic N) is 2. The van der Waals surface area contributed by atoms with E-state index in [2.05, 4.69) is 12.2 Å². The summed E-state index contributed by atoms with van der Waals surface area (Å²) < 4.78 is 0. The van der Waals surface area contributed by atoms with Crippen molar-refractivity contribution in [2.24, 2.45) is 5.92 Å². The van der Waals surface area contributed by atoms with E-state index in [0.29, 0.717) is 25.6 Å². The molecule has 5 heteroatoms. The summed E-state index contributed by atoms with van der Waals surface area (Å²) in [4.78, 5) is 26.8. The van der Waals surface area contributed by atoms with Crippen molar-refractivity contribution in [1.29, 1.82) is 0 Å². The Hall–Kier alpha value is -1.10. The zero-order valence-electron chi connectivity index (χ0n) is 11.9. The first-order valence-electron chi connectivity index (χ1n) is 6.66. The van der Waals surface area contributed by atoms with Crippen molar-refractivity contribution in [2.45, 2.75) is 32.7 Å². The van der Waals surface area contributed by atoms with E-state index in [1.807, 2.05) is 11.8 Å². The monoisotopic (exact) mass is 255 g/mol. The molecule has 0 saturated heterocycles. The van der Waals surface area contributed by atoms with Gasteiger partial charge in [-0.15, -0.1) is 0 Å². The Labute approximate surface area is 110 Å². The lowest BCUT2D eigenvalue weighted by Crippen LogP contribution is -2.44. The highest BCUT2D eigenvalue weighted by Gasteiger charge is 2.29. The molecule has 0 aromatic carbocycles. The van der Waals surface area contributed by atoms with Gasteiger partial charge in [0.05, 0.1) is 13.1 Å². The van der Waals surface area contributed by atoms with Gasteiger partial charge in [-0.25, -0.2) is 0 Å². The fourth-order valence-corrected chi connectivity index (χ4v) is 1.83. The zero-order chi connectivity index (χ0) is 13.7. The number of likely N-dealkylation sites (N-methyl/N-ethyl adjacent to an activating group) is 2. The van der Waals surface area contributed by atoms with Gasteiger partial charge in [-0.2, -0.15) is 0 Å². The quantitative estimate of drug-likeness (QED) is 0.712. The van der Waals surface area contributed by atoms with Crippen molar-refractivity contribution in [3.8, 4) is 0 Å². The van der Waals surface area contributed by atoms with Crippen LogP contribution in [0.25, 0.3) is 0 Å². The van der Waals surface area contributed by atoms with Crippen molar-refractivity contribution in [2.75, 3.05) is 33.7 Å². The molecule has 0 aliphatic heterocycles. The molecule has 104 valence electrons. The van der Waals surface area contributed by atoms with Crippen LogP contribution >= 0.6 is 0 Å². The second-order valence-electron chi connectivity index (χ2n) is 5.29. The summed E-state index contributed by atoms with van der Waals surface area (Å²) in [5.74, 6) is 0.704. The van der Waals surface area contributed by atoms with Gasteiger partial charge in [-0.05, 0) is 32.2 Å². The lowest BCUT2D eigenvalue weighted by atomic mass is 10.2. The number of rotatable bonds is 7. The largest absolute Gasteiger partial charge is 0.352 e. The topological polar surface area (TPSA) is 52.7 Å². The first-order valence-corrected chi connectivity index (χ1v) is 6.66. The lowest BCUT2D eigenvalue weighted by molar-refractivity contribution is -0.130. The summed E-state index contributed by atoms with van der Waals surface area (Å²) in [6, 6.07) is 0.265. The summed E-state index contributed by atoms with van der Waals surface area (Å²) in [6.07, 6.45) is 2.44. The van der Waals surface area contributed by atoms with E-state index in [4.69, 9.17) is 0 Å². The van der Waals surface area contributed by atoms with E-state index in [1.165, 1.54) is 12.8 Å². The Kier molecular flexibility index (Phi) is 5.59. The molecule has 1 aliphatic rings. The van der Waals surface area contributed by atoms with E-state index < -0.39 is 0 Å². The maximum absolute atomic E-state index is 11.8. The maximum atomic E-state index is 11.8. The Morgan fingerprint density at radius 3 is 2.33 bits per heavy atom. The molecule has 1 saturated carbocycles. The van der Waals surface area contributed by atoms with Gasteiger partial charge in [-0.1, -0.05) is 6.92 Å². The van der Waals surface area contributed by atoms with Crippen LogP contribution in [0.3, 0.4) is 0 Å². The third kappa shape index (κ3) is 5.04. The van der Waals surface area contributed by atoms with Crippen LogP contribution in [-0.2, 0) is 9.59 Å². The minimum atomic E-state index is 0.0165. The van der Waals surface area contributed by atoms with Crippen LogP contribution in [-0.4, -0.2) is 61.4 Å². The van der Waals surface area contributed by atoms with Gasteiger partial charge in [0.2, 0.25) is 11.8 Å². The first kappa shape index (κ1) is 15.0. The molecule has 2 amide bonds. The molecule has 0 aromatic heterocycles. The molecule has 1 N–H and O–H groups in total. The van der Waals surface area contributed by atoms with Crippen LogP contribution in [0.15, 0.2) is 0 Å². The summed E-state index contributed by atoms with van der Waals surface area (Å²) >= 11 is 0. The molecule has 1 rings (SSSR count). The van der Waals surface area contributed by atoms with Gasteiger partial charge in [-0.3, -0.25) is 14.5 Å². The number of amides is 2. The van der Waals surface area contributed by atoms with Crippen LogP contribution in [0.2, 0.25) is 0 Å². The van der Waals surface area contributed by atoms with Crippen molar-refractivity contribution >= 4 is 11.8 Å². The predicted molar refractivity (Wildman–Crippen MR) is 71.1 cm³/mol. The maximum Gasteiger partial charge on any atom is 0.236 e. The molecule has 1 atom stereocenters. The molecule has 5 nitrogen and oxygen atoms in total. The number of carbonyl (C=O) groups is 2. The molecule has 0 heterocycles. The Morgan fingerprint density at radius 1 is 1.28 bits per heavy atom. The SMILES string of the molecule is CCN(CC(=O)NC(C)C1CC1)CC(=O)N(C)C. The molecule has 1 fully saturated rings. The minimum absolute atomic E-state index is 0.0165. The predicted octanol–water partition coefficient (Wildman–Crippen LogP) is 0.311. The van der Waals surface area contributed by atoms with Gasteiger partial charge in [0.15, 0.2) is 0 Å². The van der Waals surface area contributed by atoms with Crippen molar-refractivity contribution in [1.82, 2.24) is 15.1 Å². The van der Waals surface area contributed by atoms with Crippen LogP contribution in [0.1, 0.15) is 26.7 Å². The highest BCUT2D eigenvalue weighted by Crippen LogP contribution is 2.32. The third-order valence-electron chi connectivity index (χ3n) is 3.39. The molecular formula is C13H25N3O2. The molecule has 0 spiro atoms. The fourth-order valence-electron chi connectivity index (χ4n) is 1.83. The van der Waals surface area contributed by atoms with E-state index in [9.17, 15) is 9.59 Å².